The van der Waals surface area contributed by atoms with Crippen LogP contribution in [-0.4, -0.2) is 28.1 Å². The van der Waals surface area contributed by atoms with Crippen LogP contribution in [0, 0.1) is 18.7 Å². The second kappa shape index (κ2) is 7.88. The van der Waals surface area contributed by atoms with Crippen molar-refractivity contribution in [1.29, 1.82) is 0 Å². The molecular weight excluding hydrogens is 355 g/mol. The van der Waals surface area contributed by atoms with Crippen molar-refractivity contribution in [2.75, 3.05) is 11.5 Å². The van der Waals surface area contributed by atoms with Crippen LogP contribution in [0.4, 0.5) is 9.18 Å². The molecule has 2 aromatic rings. The first-order chi connectivity index (χ1) is 12.3. The predicted octanol–water partition coefficient (Wildman–Crippen LogP) is 3.79. The van der Waals surface area contributed by atoms with Crippen molar-refractivity contribution in [3.05, 3.63) is 35.3 Å². The molecule has 0 aliphatic carbocycles. The number of nitrogens with one attached hydrogen (secondary N) is 2. The fourth-order valence-electron chi connectivity index (χ4n) is 3.41. The van der Waals surface area contributed by atoms with Crippen LogP contribution in [-0.2, 0) is 11.2 Å². The minimum absolute atomic E-state index is 0.0664. The summed E-state index contributed by atoms with van der Waals surface area (Å²) in [7, 11) is 0. The van der Waals surface area contributed by atoms with Gasteiger partial charge in [-0.2, -0.15) is 0 Å². The summed E-state index contributed by atoms with van der Waals surface area (Å²) in [5.74, 6) is 1.63. The number of fused-ring (bicyclic) bond motifs is 1. The third-order valence-corrected chi connectivity index (χ3v) is 6.34. The zero-order valence-electron chi connectivity index (χ0n) is 15.3. The fraction of sp³-hybridized carbons (Fsp3) is 0.526. The quantitative estimate of drug-likeness (QED) is 0.792. The summed E-state index contributed by atoms with van der Waals surface area (Å²) in [6.45, 7) is 5.86. The molecule has 3 rings (SSSR count). The standard InChI is InChI=1S/C19H25FN2O3S/c1-11(2)17(22-19(23)21-14-5-4-8-26(24)10-14)18-12(3)15-9-13(20)6-7-16(15)25-18/h6-7,9,11,14,17H,4-5,8,10H2,1-3H3,(H2,21,22,23). The number of hydrogen-bond donors (Lipinski definition) is 2. The Morgan fingerprint density at radius 3 is 2.88 bits per heavy atom. The van der Waals surface area contributed by atoms with E-state index in [2.05, 4.69) is 10.6 Å². The minimum atomic E-state index is -0.857. The van der Waals surface area contributed by atoms with Crippen LogP contribution in [0.1, 0.15) is 44.1 Å². The average molecular weight is 380 g/mol. The summed E-state index contributed by atoms with van der Waals surface area (Å²) in [6, 6.07) is 3.73. The van der Waals surface area contributed by atoms with Crippen molar-refractivity contribution in [3.63, 3.8) is 0 Å². The van der Waals surface area contributed by atoms with Gasteiger partial charge in [-0.3, -0.25) is 0 Å². The molecule has 0 bridgehead atoms. The van der Waals surface area contributed by atoms with Crippen molar-refractivity contribution in [1.82, 2.24) is 10.6 Å². The molecule has 1 fully saturated rings. The molecule has 3 unspecified atom stereocenters. The summed E-state index contributed by atoms with van der Waals surface area (Å²) in [5.41, 5.74) is 1.44. The van der Waals surface area contributed by atoms with Crippen molar-refractivity contribution in [2.24, 2.45) is 5.92 Å². The molecule has 0 radical (unpaired) electrons. The Balaban J connectivity index is 1.77. The van der Waals surface area contributed by atoms with Crippen molar-refractivity contribution in [3.8, 4) is 0 Å². The SMILES string of the molecule is Cc1c(C(NC(=O)NC2CCC[S+]([O-])C2)C(C)C)oc2ccc(F)cc12. The highest BCUT2D eigenvalue weighted by molar-refractivity contribution is 7.91. The zero-order chi connectivity index (χ0) is 18.8. The molecule has 2 amide bonds. The molecule has 2 heterocycles. The minimum Gasteiger partial charge on any atom is -0.616 e. The summed E-state index contributed by atoms with van der Waals surface area (Å²) in [4.78, 5) is 12.5. The van der Waals surface area contributed by atoms with E-state index >= 15 is 0 Å². The van der Waals surface area contributed by atoms with Gasteiger partial charge in [0.25, 0.3) is 0 Å². The molecule has 5 nitrogen and oxygen atoms in total. The molecule has 1 aliphatic rings. The smallest absolute Gasteiger partial charge is 0.315 e. The second-order valence-corrected chi connectivity index (χ2v) is 8.84. The Labute approximate surface area is 155 Å². The largest absolute Gasteiger partial charge is 0.616 e. The van der Waals surface area contributed by atoms with Crippen molar-refractivity contribution < 1.29 is 18.2 Å². The van der Waals surface area contributed by atoms with Gasteiger partial charge in [0, 0.05) is 10.9 Å². The topological polar surface area (TPSA) is 77.3 Å². The van der Waals surface area contributed by atoms with Gasteiger partial charge >= 0.3 is 6.03 Å². The Morgan fingerprint density at radius 2 is 2.19 bits per heavy atom. The molecule has 1 aliphatic heterocycles. The van der Waals surface area contributed by atoms with E-state index in [0.717, 1.165) is 23.8 Å². The van der Waals surface area contributed by atoms with E-state index in [1.54, 1.807) is 6.07 Å². The zero-order valence-corrected chi connectivity index (χ0v) is 16.1. The fourth-order valence-corrected chi connectivity index (χ4v) is 4.76. The lowest BCUT2D eigenvalue weighted by molar-refractivity contribution is 0.226. The third-order valence-electron chi connectivity index (χ3n) is 4.82. The maximum atomic E-state index is 13.5. The van der Waals surface area contributed by atoms with Crippen LogP contribution in [0.15, 0.2) is 22.6 Å². The van der Waals surface area contributed by atoms with E-state index in [1.165, 1.54) is 12.1 Å². The molecule has 1 aromatic carbocycles. The Kier molecular flexibility index (Phi) is 5.77. The number of carbonyl (C=O) groups is 1. The molecule has 26 heavy (non-hydrogen) atoms. The molecule has 7 heteroatoms. The highest BCUT2D eigenvalue weighted by Crippen LogP contribution is 2.33. The van der Waals surface area contributed by atoms with Gasteiger partial charge < -0.3 is 19.6 Å². The highest BCUT2D eigenvalue weighted by atomic mass is 32.2. The normalized spacial score (nSPS) is 21.8. The highest BCUT2D eigenvalue weighted by Gasteiger charge is 2.28. The lowest BCUT2D eigenvalue weighted by Gasteiger charge is -2.27. The number of furan rings is 1. The van der Waals surface area contributed by atoms with Crippen LogP contribution in [0.25, 0.3) is 11.0 Å². The summed E-state index contributed by atoms with van der Waals surface area (Å²) in [6.07, 6.45) is 1.70. The Bertz CT molecular complexity index is 792. The number of rotatable bonds is 4. The molecule has 1 aromatic heterocycles. The van der Waals surface area contributed by atoms with E-state index in [-0.39, 0.29) is 29.8 Å². The van der Waals surface area contributed by atoms with Crippen LogP contribution in [0.2, 0.25) is 0 Å². The number of halogens is 1. The molecule has 0 spiro atoms. The number of benzene rings is 1. The van der Waals surface area contributed by atoms with Crippen LogP contribution in [0.3, 0.4) is 0 Å². The van der Waals surface area contributed by atoms with Gasteiger partial charge in [0.15, 0.2) is 0 Å². The van der Waals surface area contributed by atoms with Crippen LogP contribution in [0.5, 0.6) is 0 Å². The van der Waals surface area contributed by atoms with Gasteiger partial charge in [0.05, 0.1) is 12.1 Å². The summed E-state index contributed by atoms with van der Waals surface area (Å²) in [5, 5.41) is 6.61. The first-order valence-corrected chi connectivity index (χ1v) is 10.4. The van der Waals surface area contributed by atoms with Gasteiger partial charge in [-0.25, -0.2) is 9.18 Å². The summed E-state index contributed by atoms with van der Waals surface area (Å²) < 4.78 is 31.1. The number of hydrogen-bond acceptors (Lipinski definition) is 3. The number of amides is 2. The first-order valence-electron chi connectivity index (χ1n) is 8.95. The lowest BCUT2D eigenvalue weighted by atomic mass is 9.98. The first kappa shape index (κ1) is 19.0. The number of carbonyl (C=O) groups excluding carboxylic acids is 1. The maximum absolute atomic E-state index is 13.5. The molecule has 0 saturated carbocycles. The van der Waals surface area contributed by atoms with Crippen molar-refractivity contribution in [2.45, 2.75) is 45.7 Å². The van der Waals surface area contributed by atoms with Gasteiger partial charge in [-0.05, 0) is 43.9 Å². The Morgan fingerprint density at radius 1 is 1.42 bits per heavy atom. The lowest BCUT2D eigenvalue weighted by Crippen LogP contribution is -2.48. The maximum Gasteiger partial charge on any atom is 0.315 e. The number of urea groups is 1. The Hall–Kier alpha value is -1.73. The van der Waals surface area contributed by atoms with Crippen molar-refractivity contribution >= 4 is 28.2 Å². The van der Waals surface area contributed by atoms with Crippen LogP contribution < -0.4 is 10.6 Å². The predicted molar refractivity (Wildman–Crippen MR) is 101 cm³/mol. The van der Waals surface area contributed by atoms with Gasteiger partial charge in [-0.1, -0.05) is 25.0 Å². The molecular formula is C19H25FN2O3S. The van der Waals surface area contributed by atoms with E-state index in [9.17, 15) is 13.7 Å². The molecule has 2 N–H and O–H groups in total. The third kappa shape index (κ3) is 4.15. The molecule has 1 saturated heterocycles. The van der Waals surface area contributed by atoms with Gasteiger partial charge in [0.1, 0.15) is 28.7 Å². The second-order valence-electron chi connectivity index (χ2n) is 7.22. The van der Waals surface area contributed by atoms with E-state index < -0.39 is 11.2 Å². The molecule has 142 valence electrons. The monoisotopic (exact) mass is 380 g/mol. The van der Waals surface area contributed by atoms with E-state index in [0.29, 0.717) is 22.8 Å². The van der Waals surface area contributed by atoms with Crippen LogP contribution >= 0.6 is 0 Å². The van der Waals surface area contributed by atoms with Gasteiger partial charge in [0.2, 0.25) is 0 Å². The molecule has 3 atom stereocenters. The van der Waals surface area contributed by atoms with Gasteiger partial charge in [-0.15, -0.1) is 0 Å². The van der Waals surface area contributed by atoms with E-state index in [4.69, 9.17) is 4.42 Å². The average Bonchev–Trinajstić information content (AvgIpc) is 2.89. The number of aryl methyl sites for hydroxylation is 1. The van der Waals surface area contributed by atoms with E-state index in [1.807, 2.05) is 20.8 Å². The summed E-state index contributed by atoms with van der Waals surface area (Å²) >= 11 is -0.857.